The highest BCUT2D eigenvalue weighted by Crippen LogP contribution is 2.30. The van der Waals surface area contributed by atoms with Gasteiger partial charge in [-0.25, -0.2) is 15.2 Å². The Balaban J connectivity index is 1.32. The molecule has 0 atom stereocenters. The molecule has 1 aliphatic heterocycles. The Hall–Kier alpha value is -4.33. The molecule has 0 bridgehead atoms. The number of amidine groups is 1. The van der Waals surface area contributed by atoms with Crippen molar-refractivity contribution in [3.05, 3.63) is 71.4 Å². The van der Waals surface area contributed by atoms with Crippen LogP contribution in [0.2, 0.25) is 0 Å². The number of rotatable bonds is 9. The molecule has 3 aromatic rings. The Kier molecular flexibility index (Phi) is 8.57. The summed E-state index contributed by atoms with van der Waals surface area (Å²) >= 11 is 0. The van der Waals surface area contributed by atoms with Crippen molar-refractivity contribution in [1.29, 1.82) is 0 Å². The quantitative estimate of drug-likeness (QED) is 0.132. The molecule has 1 amide bonds. The Morgan fingerprint density at radius 3 is 2.54 bits per heavy atom. The van der Waals surface area contributed by atoms with Gasteiger partial charge in [0.15, 0.2) is 17.4 Å². The minimum absolute atomic E-state index is 0.0257. The SMILES string of the molecule is N/N=C(/c1cc(-c2ccc(C(=O)NC3CC3)cc2)cnc1N)N(N)c1ccc(OCCN2CCOCC2)c(F)c1F. The van der Waals surface area contributed by atoms with Crippen LogP contribution in [0.15, 0.2) is 53.8 Å². The van der Waals surface area contributed by atoms with Crippen molar-refractivity contribution < 1.29 is 23.0 Å². The number of anilines is 2. The van der Waals surface area contributed by atoms with Crippen LogP contribution in [0.5, 0.6) is 5.75 Å². The molecular weight excluding hydrogens is 534 g/mol. The van der Waals surface area contributed by atoms with E-state index < -0.39 is 11.6 Å². The second-order valence-corrected chi connectivity index (χ2v) is 9.82. The van der Waals surface area contributed by atoms with Crippen LogP contribution in [0, 0.1) is 11.6 Å². The smallest absolute Gasteiger partial charge is 0.251 e. The van der Waals surface area contributed by atoms with Crippen LogP contribution in [-0.2, 0) is 4.74 Å². The number of halogens is 2. The number of pyridine rings is 1. The summed E-state index contributed by atoms with van der Waals surface area (Å²) in [4.78, 5) is 18.6. The summed E-state index contributed by atoms with van der Waals surface area (Å²) in [6.45, 7) is 3.50. The maximum atomic E-state index is 15.2. The van der Waals surface area contributed by atoms with Crippen LogP contribution >= 0.6 is 0 Å². The van der Waals surface area contributed by atoms with Crippen LogP contribution in [0.3, 0.4) is 0 Å². The molecule has 2 fully saturated rings. The lowest BCUT2D eigenvalue weighted by molar-refractivity contribution is 0.0320. The largest absolute Gasteiger partial charge is 0.489 e. The van der Waals surface area contributed by atoms with Gasteiger partial charge in [-0.3, -0.25) is 14.7 Å². The molecule has 2 aliphatic rings. The van der Waals surface area contributed by atoms with E-state index in [4.69, 9.17) is 26.9 Å². The van der Waals surface area contributed by atoms with Gasteiger partial charge in [0.05, 0.1) is 24.5 Å². The topological polar surface area (TPSA) is 157 Å². The minimum atomic E-state index is -1.24. The van der Waals surface area contributed by atoms with E-state index in [0.29, 0.717) is 30.9 Å². The first-order valence-electron chi connectivity index (χ1n) is 13.3. The van der Waals surface area contributed by atoms with Crippen LogP contribution < -0.4 is 32.5 Å². The van der Waals surface area contributed by atoms with E-state index in [-0.39, 0.29) is 47.2 Å². The zero-order valence-electron chi connectivity index (χ0n) is 22.4. The summed E-state index contributed by atoms with van der Waals surface area (Å²) in [6, 6.07) is 11.4. The van der Waals surface area contributed by atoms with Crippen LogP contribution in [-0.4, -0.2) is 67.1 Å². The zero-order chi connectivity index (χ0) is 28.9. The van der Waals surface area contributed by atoms with E-state index in [1.807, 2.05) is 0 Å². The molecular formula is C28H32F2N8O3. The standard InChI is InChI=1S/C28H32F2N8O3/c29-24-22(7-8-23(25(24)30)41-14-11-37-9-12-40-13-10-37)38(33)27(36-32)21-15-19(16-34-26(21)31)17-1-3-18(4-2-17)28(39)35-20-5-6-20/h1-4,7-8,15-16,20H,5-6,9-14,32-33H2,(H2,31,34)(H,35,39)/b36-27-. The van der Waals surface area contributed by atoms with Gasteiger partial charge in [-0.2, -0.15) is 9.49 Å². The number of hydrogen-bond donors (Lipinski definition) is 4. The van der Waals surface area contributed by atoms with Crippen LogP contribution in [0.1, 0.15) is 28.8 Å². The molecule has 11 nitrogen and oxygen atoms in total. The zero-order valence-corrected chi connectivity index (χ0v) is 22.4. The molecule has 13 heteroatoms. The number of hydrazine groups is 1. The third-order valence-corrected chi connectivity index (χ3v) is 6.96. The van der Waals surface area contributed by atoms with E-state index in [9.17, 15) is 9.18 Å². The van der Waals surface area contributed by atoms with E-state index in [1.165, 1.54) is 18.3 Å². The fourth-order valence-electron chi connectivity index (χ4n) is 4.43. The summed E-state index contributed by atoms with van der Waals surface area (Å²) in [6.07, 6.45) is 3.53. The number of carbonyl (C=O) groups is 1. The van der Waals surface area contributed by atoms with Gasteiger partial charge >= 0.3 is 0 Å². The maximum absolute atomic E-state index is 15.2. The molecule has 1 saturated heterocycles. The summed E-state index contributed by atoms with van der Waals surface area (Å²) in [5, 5.41) is 7.45. The Bertz CT molecular complexity index is 1430. The normalized spacial score (nSPS) is 15.9. The third-order valence-electron chi connectivity index (χ3n) is 6.96. The fourth-order valence-corrected chi connectivity index (χ4v) is 4.43. The number of nitrogen functional groups attached to an aromatic ring is 1. The predicted molar refractivity (Wildman–Crippen MR) is 151 cm³/mol. The highest BCUT2D eigenvalue weighted by Gasteiger charge is 2.25. The highest BCUT2D eigenvalue weighted by atomic mass is 19.2. The Morgan fingerprint density at radius 2 is 1.85 bits per heavy atom. The number of nitrogens with one attached hydrogen (secondary N) is 1. The summed E-state index contributed by atoms with van der Waals surface area (Å²) in [7, 11) is 0. The van der Waals surface area contributed by atoms with Gasteiger partial charge in [-0.15, -0.1) is 0 Å². The number of hydrazone groups is 1. The van der Waals surface area contributed by atoms with E-state index in [1.54, 1.807) is 30.3 Å². The van der Waals surface area contributed by atoms with Gasteiger partial charge in [0.25, 0.3) is 5.91 Å². The van der Waals surface area contributed by atoms with Crippen molar-refractivity contribution in [3.63, 3.8) is 0 Å². The minimum Gasteiger partial charge on any atom is -0.489 e. The monoisotopic (exact) mass is 566 g/mol. The molecule has 0 unspecified atom stereocenters. The predicted octanol–water partition coefficient (Wildman–Crippen LogP) is 2.21. The molecule has 2 aromatic carbocycles. The number of ether oxygens (including phenoxy) is 2. The van der Waals surface area contributed by atoms with Gasteiger partial charge in [0.1, 0.15) is 12.4 Å². The average molecular weight is 567 g/mol. The summed E-state index contributed by atoms with van der Waals surface area (Å²) in [5.41, 5.74) is 7.86. The number of nitrogens with zero attached hydrogens (tertiary/aromatic N) is 4. The Labute approximate surface area is 235 Å². The third kappa shape index (κ3) is 6.53. The fraction of sp³-hybridized carbons (Fsp3) is 0.321. The van der Waals surface area contributed by atoms with Crippen molar-refractivity contribution in [1.82, 2.24) is 15.2 Å². The number of nitrogens with two attached hydrogens (primary N) is 3. The van der Waals surface area contributed by atoms with Crippen molar-refractivity contribution in [2.45, 2.75) is 18.9 Å². The van der Waals surface area contributed by atoms with E-state index >= 15 is 4.39 Å². The van der Waals surface area contributed by atoms with Crippen LogP contribution in [0.4, 0.5) is 20.3 Å². The second-order valence-electron chi connectivity index (χ2n) is 9.82. The number of amides is 1. The van der Waals surface area contributed by atoms with E-state index in [2.05, 4.69) is 20.3 Å². The number of hydrogen-bond acceptors (Lipinski definition) is 9. The number of carbonyl (C=O) groups excluding carboxylic acids is 1. The second kappa shape index (κ2) is 12.5. The van der Waals surface area contributed by atoms with Gasteiger partial charge in [-0.1, -0.05) is 12.1 Å². The number of benzene rings is 2. The van der Waals surface area contributed by atoms with Crippen molar-refractivity contribution in [2.24, 2.45) is 16.8 Å². The van der Waals surface area contributed by atoms with Crippen LogP contribution in [0.25, 0.3) is 11.1 Å². The number of morpholine rings is 1. The molecule has 0 spiro atoms. The van der Waals surface area contributed by atoms with Gasteiger partial charge in [-0.05, 0) is 48.7 Å². The van der Waals surface area contributed by atoms with E-state index in [0.717, 1.165) is 36.5 Å². The molecule has 1 aliphatic carbocycles. The van der Waals surface area contributed by atoms with Crippen molar-refractivity contribution in [3.8, 4) is 16.9 Å². The first-order chi connectivity index (χ1) is 19.9. The highest BCUT2D eigenvalue weighted by molar-refractivity contribution is 6.12. The molecule has 2 heterocycles. The lowest BCUT2D eigenvalue weighted by Gasteiger charge is -2.26. The molecule has 41 heavy (non-hydrogen) atoms. The maximum Gasteiger partial charge on any atom is 0.251 e. The molecule has 1 saturated carbocycles. The molecule has 5 rings (SSSR count). The van der Waals surface area contributed by atoms with Gasteiger partial charge in [0.2, 0.25) is 5.82 Å². The first-order valence-corrected chi connectivity index (χ1v) is 13.3. The average Bonchev–Trinajstić information content (AvgIpc) is 3.81. The lowest BCUT2D eigenvalue weighted by Crippen LogP contribution is -2.40. The molecule has 0 radical (unpaired) electrons. The lowest BCUT2D eigenvalue weighted by atomic mass is 10.0. The molecule has 1 aromatic heterocycles. The first kappa shape index (κ1) is 28.2. The Morgan fingerprint density at radius 1 is 1.12 bits per heavy atom. The molecule has 216 valence electrons. The summed E-state index contributed by atoms with van der Waals surface area (Å²) in [5.74, 6) is 8.91. The summed E-state index contributed by atoms with van der Waals surface area (Å²) < 4.78 is 40.9. The van der Waals surface area contributed by atoms with Crippen molar-refractivity contribution >= 4 is 23.2 Å². The van der Waals surface area contributed by atoms with Gasteiger partial charge in [0, 0.05) is 43.0 Å². The molecule has 7 N–H and O–H groups in total. The van der Waals surface area contributed by atoms with Crippen molar-refractivity contribution in [2.75, 3.05) is 50.2 Å². The number of aromatic nitrogens is 1. The van der Waals surface area contributed by atoms with Gasteiger partial charge < -0.3 is 26.4 Å².